The molecular weight excluding hydrogens is 312 g/mol. The van der Waals surface area contributed by atoms with Gasteiger partial charge in [-0.1, -0.05) is 18.5 Å². The molecule has 0 aliphatic carbocycles. The Bertz CT molecular complexity index is 606. The van der Waals surface area contributed by atoms with Crippen LogP contribution in [-0.2, 0) is 16.6 Å². The summed E-state index contributed by atoms with van der Waals surface area (Å²) in [7, 11) is -3.54. The van der Waals surface area contributed by atoms with Gasteiger partial charge in [-0.2, -0.15) is 4.31 Å². The highest BCUT2D eigenvalue weighted by molar-refractivity contribution is 7.89. The molecule has 1 fully saturated rings. The van der Waals surface area contributed by atoms with E-state index in [2.05, 4.69) is 11.8 Å². The Kier molecular flexibility index (Phi) is 5.27. The summed E-state index contributed by atoms with van der Waals surface area (Å²) in [6.07, 6.45) is 0. The van der Waals surface area contributed by atoms with E-state index >= 15 is 0 Å². The second kappa shape index (κ2) is 6.62. The van der Waals surface area contributed by atoms with Gasteiger partial charge in [-0.15, -0.1) is 0 Å². The number of aliphatic hydroxyl groups is 1. The molecule has 0 bridgehead atoms. The molecule has 1 N–H and O–H groups in total. The fourth-order valence-corrected chi connectivity index (χ4v) is 4.37. The van der Waals surface area contributed by atoms with Gasteiger partial charge in [0.25, 0.3) is 0 Å². The quantitative estimate of drug-likeness (QED) is 0.908. The van der Waals surface area contributed by atoms with Crippen molar-refractivity contribution in [2.45, 2.75) is 31.4 Å². The second-order valence-corrected chi connectivity index (χ2v) is 7.60. The van der Waals surface area contributed by atoms with E-state index in [1.165, 1.54) is 22.5 Å². The van der Waals surface area contributed by atoms with Gasteiger partial charge in [0.15, 0.2) is 0 Å². The Morgan fingerprint density at radius 2 is 2.10 bits per heavy atom. The Labute approximate surface area is 131 Å². The van der Waals surface area contributed by atoms with Crippen molar-refractivity contribution in [1.82, 2.24) is 9.21 Å². The summed E-state index contributed by atoms with van der Waals surface area (Å²) in [4.78, 5) is 2.45. The van der Waals surface area contributed by atoms with Crippen LogP contribution in [0.1, 0.15) is 19.4 Å². The van der Waals surface area contributed by atoms with Gasteiger partial charge in [0, 0.05) is 30.7 Å². The van der Waals surface area contributed by atoms with Crippen molar-refractivity contribution in [3.63, 3.8) is 0 Å². The van der Waals surface area contributed by atoms with Gasteiger partial charge < -0.3 is 5.11 Å². The van der Waals surface area contributed by atoms with Crippen molar-refractivity contribution >= 4 is 21.6 Å². The monoisotopic (exact) mass is 332 g/mol. The van der Waals surface area contributed by atoms with E-state index in [1.54, 1.807) is 0 Å². The minimum atomic E-state index is -3.54. The number of nitrogens with zero attached hydrogens (tertiary/aromatic N) is 2. The minimum Gasteiger partial charge on any atom is -0.392 e. The van der Waals surface area contributed by atoms with Gasteiger partial charge in [0.05, 0.1) is 11.5 Å². The van der Waals surface area contributed by atoms with Crippen LogP contribution in [0.25, 0.3) is 0 Å². The smallest absolute Gasteiger partial charge is 0.243 e. The van der Waals surface area contributed by atoms with Gasteiger partial charge in [-0.05, 0) is 37.2 Å². The molecule has 1 aromatic rings. The highest BCUT2D eigenvalue weighted by atomic mass is 35.5. The molecule has 5 nitrogen and oxygen atoms in total. The topological polar surface area (TPSA) is 60.9 Å². The lowest BCUT2D eigenvalue weighted by molar-refractivity contribution is 0.135. The van der Waals surface area contributed by atoms with E-state index in [-0.39, 0.29) is 17.5 Å². The zero-order chi connectivity index (χ0) is 15.6. The van der Waals surface area contributed by atoms with Crippen LogP contribution in [0, 0.1) is 0 Å². The van der Waals surface area contributed by atoms with Gasteiger partial charge >= 0.3 is 0 Å². The fourth-order valence-electron chi connectivity index (χ4n) is 2.63. The molecule has 118 valence electrons. The predicted molar refractivity (Wildman–Crippen MR) is 82.8 cm³/mol. The van der Waals surface area contributed by atoms with Crippen molar-refractivity contribution in [1.29, 1.82) is 0 Å². The number of benzene rings is 1. The lowest BCUT2D eigenvalue weighted by Gasteiger charge is -2.38. The fraction of sp³-hybridized carbons (Fsp3) is 0.571. The van der Waals surface area contributed by atoms with Crippen molar-refractivity contribution in [3.8, 4) is 0 Å². The Balaban J connectivity index is 2.26. The van der Waals surface area contributed by atoms with Crippen LogP contribution in [0.4, 0.5) is 0 Å². The van der Waals surface area contributed by atoms with Crippen LogP contribution >= 0.6 is 11.6 Å². The lowest BCUT2D eigenvalue weighted by atomic mass is 10.2. The van der Waals surface area contributed by atoms with Crippen LogP contribution in [-0.4, -0.2) is 55.0 Å². The molecule has 1 unspecified atom stereocenters. The zero-order valence-corrected chi connectivity index (χ0v) is 13.9. The summed E-state index contributed by atoms with van der Waals surface area (Å²) < 4.78 is 26.9. The van der Waals surface area contributed by atoms with Crippen molar-refractivity contribution in [3.05, 3.63) is 28.8 Å². The number of rotatable bonds is 4. The maximum atomic E-state index is 12.7. The molecule has 21 heavy (non-hydrogen) atoms. The third kappa shape index (κ3) is 3.40. The van der Waals surface area contributed by atoms with Crippen LogP contribution in [0.5, 0.6) is 0 Å². The Hall–Kier alpha value is -0.660. The highest BCUT2D eigenvalue weighted by Gasteiger charge is 2.31. The first-order valence-electron chi connectivity index (χ1n) is 7.03. The largest absolute Gasteiger partial charge is 0.392 e. The molecular formula is C14H21ClN2O3S. The average Bonchev–Trinajstić information content (AvgIpc) is 2.47. The molecule has 0 spiro atoms. The number of piperazine rings is 1. The summed E-state index contributed by atoms with van der Waals surface area (Å²) in [5, 5.41) is 9.60. The number of sulfonamides is 1. The summed E-state index contributed by atoms with van der Waals surface area (Å²) in [5.74, 6) is 0. The molecule has 1 saturated heterocycles. The minimum absolute atomic E-state index is 0.188. The summed E-state index contributed by atoms with van der Waals surface area (Å²) in [6.45, 7) is 6.45. The molecule has 0 saturated carbocycles. The number of hydrogen-bond acceptors (Lipinski definition) is 4. The van der Waals surface area contributed by atoms with E-state index in [0.717, 1.165) is 13.1 Å². The van der Waals surface area contributed by atoms with Crippen molar-refractivity contribution in [2.24, 2.45) is 0 Å². The summed E-state index contributed by atoms with van der Waals surface area (Å²) >= 11 is 5.92. The SMILES string of the molecule is CCN1CCN(S(=O)(=O)c2ccc(Cl)c(CO)c2)CC1C. The van der Waals surface area contributed by atoms with Gasteiger partial charge in [0.1, 0.15) is 0 Å². The molecule has 1 aliphatic heterocycles. The summed E-state index contributed by atoms with van der Waals surface area (Å²) in [5.41, 5.74) is 0.429. The molecule has 1 aliphatic rings. The molecule has 1 heterocycles. The van der Waals surface area contributed by atoms with Gasteiger partial charge in [-0.25, -0.2) is 8.42 Å². The van der Waals surface area contributed by atoms with E-state index in [4.69, 9.17) is 11.6 Å². The normalized spacial score (nSPS) is 21.6. The molecule has 1 aromatic carbocycles. The van der Waals surface area contributed by atoms with Crippen molar-refractivity contribution in [2.75, 3.05) is 26.2 Å². The predicted octanol–water partition coefficient (Wildman–Crippen LogP) is 1.55. The van der Waals surface area contributed by atoms with Crippen LogP contribution in [0.3, 0.4) is 0 Å². The molecule has 7 heteroatoms. The van der Waals surface area contributed by atoms with E-state index in [1.807, 2.05) is 6.92 Å². The van der Waals surface area contributed by atoms with E-state index in [9.17, 15) is 13.5 Å². The van der Waals surface area contributed by atoms with Gasteiger partial charge in [-0.3, -0.25) is 4.90 Å². The third-order valence-electron chi connectivity index (χ3n) is 3.96. The number of halogens is 1. The highest BCUT2D eigenvalue weighted by Crippen LogP contribution is 2.24. The molecule has 0 amide bonds. The van der Waals surface area contributed by atoms with E-state index in [0.29, 0.717) is 23.7 Å². The second-order valence-electron chi connectivity index (χ2n) is 5.25. The maximum Gasteiger partial charge on any atom is 0.243 e. The Morgan fingerprint density at radius 1 is 1.38 bits per heavy atom. The number of aliphatic hydroxyl groups excluding tert-OH is 1. The molecule has 2 rings (SSSR count). The number of likely N-dealkylation sites (N-methyl/N-ethyl adjacent to an activating group) is 1. The summed E-state index contributed by atoms with van der Waals surface area (Å²) in [6, 6.07) is 4.66. The van der Waals surface area contributed by atoms with Gasteiger partial charge in [0.2, 0.25) is 10.0 Å². The first-order valence-corrected chi connectivity index (χ1v) is 8.85. The van der Waals surface area contributed by atoms with Crippen molar-refractivity contribution < 1.29 is 13.5 Å². The first kappa shape index (κ1) is 16.7. The molecule has 1 atom stereocenters. The molecule has 0 radical (unpaired) electrons. The zero-order valence-electron chi connectivity index (χ0n) is 12.3. The number of hydrogen-bond donors (Lipinski definition) is 1. The van der Waals surface area contributed by atoms with Crippen LogP contribution in [0.2, 0.25) is 5.02 Å². The third-order valence-corrected chi connectivity index (χ3v) is 6.19. The maximum absolute atomic E-state index is 12.7. The Morgan fingerprint density at radius 3 is 2.67 bits per heavy atom. The first-order chi connectivity index (χ1) is 9.90. The van der Waals surface area contributed by atoms with E-state index < -0.39 is 10.0 Å². The average molecular weight is 333 g/mol. The molecule has 0 aromatic heterocycles. The van der Waals surface area contributed by atoms with Crippen LogP contribution in [0.15, 0.2) is 23.1 Å². The lowest BCUT2D eigenvalue weighted by Crippen LogP contribution is -2.53. The van der Waals surface area contributed by atoms with Crippen LogP contribution < -0.4 is 0 Å². The standard InChI is InChI=1S/C14H21ClN2O3S/c1-3-16-6-7-17(9-11(16)2)21(19,20)13-4-5-14(15)12(8-13)10-18/h4-5,8,11,18H,3,6-7,9-10H2,1-2H3.